The Morgan fingerprint density at radius 1 is 1.56 bits per heavy atom. The SMILES string of the molecule is CN(CC1CCCOC1)c1cc(C#N)ccc1N. The number of anilines is 2. The lowest BCUT2D eigenvalue weighted by atomic mass is 10.0. The highest BCUT2D eigenvalue weighted by molar-refractivity contribution is 5.69. The Morgan fingerprint density at radius 2 is 2.39 bits per heavy atom. The Hall–Kier alpha value is -1.73. The smallest absolute Gasteiger partial charge is 0.0992 e. The minimum atomic E-state index is 0.550. The Balaban J connectivity index is 2.07. The van der Waals surface area contributed by atoms with E-state index in [1.165, 1.54) is 6.42 Å². The van der Waals surface area contributed by atoms with Gasteiger partial charge in [0.25, 0.3) is 0 Å². The molecule has 18 heavy (non-hydrogen) atoms. The first-order valence-corrected chi connectivity index (χ1v) is 6.29. The quantitative estimate of drug-likeness (QED) is 0.827. The van der Waals surface area contributed by atoms with Gasteiger partial charge in [0.05, 0.1) is 29.6 Å². The van der Waals surface area contributed by atoms with E-state index in [-0.39, 0.29) is 0 Å². The zero-order chi connectivity index (χ0) is 13.0. The van der Waals surface area contributed by atoms with Gasteiger partial charge < -0.3 is 15.4 Å². The lowest BCUT2D eigenvalue weighted by Gasteiger charge is -2.29. The highest BCUT2D eigenvalue weighted by atomic mass is 16.5. The lowest BCUT2D eigenvalue weighted by molar-refractivity contribution is 0.0576. The second-order valence-corrected chi connectivity index (χ2v) is 4.85. The van der Waals surface area contributed by atoms with Crippen LogP contribution in [0.25, 0.3) is 0 Å². The van der Waals surface area contributed by atoms with Crippen LogP contribution in [0.2, 0.25) is 0 Å². The number of ether oxygens (including phenoxy) is 1. The third-order valence-electron chi connectivity index (χ3n) is 3.36. The second-order valence-electron chi connectivity index (χ2n) is 4.85. The van der Waals surface area contributed by atoms with Crippen LogP contribution in [0.1, 0.15) is 18.4 Å². The van der Waals surface area contributed by atoms with Crippen LogP contribution >= 0.6 is 0 Å². The molecule has 2 rings (SSSR count). The van der Waals surface area contributed by atoms with Crippen LogP contribution in [0.15, 0.2) is 18.2 Å². The fourth-order valence-electron chi connectivity index (χ4n) is 2.38. The van der Waals surface area contributed by atoms with Gasteiger partial charge in [-0.05, 0) is 37.0 Å². The molecular weight excluding hydrogens is 226 g/mol. The van der Waals surface area contributed by atoms with E-state index in [0.717, 1.165) is 31.9 Å². The van der Waals surface area contributed by atoms with E-state index in [1.54, 1.807) is 12.1 Å². The van der Waals surface area contributed by atoms with E-state index in [4.69, 9.17) is 15.7 Å². The van der Waals surface area contributed by atoms with Crippen molar-refractivity contribution in [2.75, 3.05) is 37.4 Å². The van der Waals surface area contributed by atoms with Gasteiger partial charge in [-0.3, -0.25) is 0 Å². The molecular formula is C14H19N3O. The number of rotatable bonds is 3. The van der Waals surface area contributed by atoms with Crippen molar-refractivity contribution in [1.29, 1.82) is 5.26 Å². The molecule has 0 amide bonds. The van der Waals surface area contributed by atoms with Crippen LogP contribution in [0.5, 0.6) is 0 Å². The van der Waals surface area contributed by atoms with Gasteiger partial charge in [0.15, 0.2) is 0 Å². The Bertz CT molecular complexity index is 447. The van der Waals surface area contributed by atoms with Crippen LogP contribution in [0.4, 0.5) is 11.4 Å². The molecule has 1 unspecified atom stereocenters. The lowest BCUT2D eigenvalue weighted by Crippen LogP contribution is -2.31. The molecule has 1 aliphatic heterocycles. The fraction of sp³-hybridized carbons (Fsp3) is 0.500. The van der Waals surface area contributed by atoms with Crippen molar-refractivity contribution in [3.8, 4) is 6.07 Å². The average molecular weight is 245 g/mol. The van der Waals surface area contributed by atoms with Crippen LogP contribution in [0, 0.1) is 17.2 Å². The van der Waals surface area contributed by atoms with Crippen LogP contribution in [-0.2, 0) is 4.74 Å². The summed E-state index contributed by atoms with van der Waals surface area (Å²) in [4.78, 5) is 2.12. The first kappa shape index (κ1) is 12.7. The molecule has 96 valence electrons. The number of hydrogen-bond acceptors (Lipinski definition) is 4. The second kappa shape index (κ2) is 5.74. The highest BCUT2D eigenvalue weighted by Gasteiger charge is 2.17. The van der Waals surface area contributed by atoms with E-state index in [0.29, 0.717) is 17.2 Å². The van der Waals surface area contributed by atoms with Crippen molar-refractivity contribution in [2.24, 2.45) is 5.92 Å². The molecule has 1 aliphatic rings. The largest absolute Gasteiger partial charge is 0.397 e. The first-order valence-electron chi connectivity index (χ1n) is 6.29. The maximum absolute atomic E-state index is 8.93. The van der Waals surface area contributed by atoms with E-state index in [1.807, 2.05) is 13.1 Å². The van der Waals surface area contributed by atoms with Crippen molar-refractivity contribution in [1.82, 2.24) is 0 Å². The van der Waals surface area contributed by atoms with E-state index >= 15 is 0 Å². The summed E-state index contributed by atoms with van der Waals surface area (Å²) in [5.41, 5.74) is 8.26. The summed E-state index contributed by atoms with van der Waals surface area (Å²) < 4.78 is 5.48. The molecule has 1 aromatic rings. The maximum atomic E-state index is 8.93. The van der Waals surface area contributed by atoms with Crippen molar-refractivity contribution in [3.63, 3.8) is 0 Å². The number of nitriles is 1. The summed E-state index contributed by atoms with van der Waals surface area (Å²) in [6.45, 7) is 2.62. The van der Waals surface area contributed by atoms with Crippen LogP contribution in [0.3, 0.4) is 0 Å². The molecule has 0 saturated carbocycles. The van der Waals surface area contributed by atoms with Crippen molar-refractivity contribution in [2.45, 2.75) is 12.8 Å². The molecule has 4 nitrogen and oxygen atoms in total. The molecule has 0 radical (unpaired) electrons. The molecule has 2 N–H and O–H groups in total. The minimum Gasteiger partial charge on any atom is -0.397 e. The molecule has 1 saturated heterocycles. The summed E-state index contributed by atoms with van der Waals surface area (Å²) in [7, 11) is 2.02. The van der Waals surface area contributed by atoms with Gasteiger partial charge in [-0.2, -0.15) is 5.26 Å². The van der Waals surface area contributed by atoms with Crippen LogP contribution in [-0.4, -0.2) is 26.8 Å². The molecule has 1 fully saturated rings. The van der Waals surface area contributed by atoms with Gasteiger partial charge in [0.1, 0.15) is 0 Å². The fourth-order valence-corrected chi connectivity index (χ4v) is 2.38. The Labute approximate surface area is 108 Å². The number of hydrogen-bond donors (Lipinski definition) is 1. The predicted octanol–water partition coefficient (Wildman–Crippen LogP) is 2.00. The third kappa shape index (κ3) is 2.93. The maximum Gasteiger partial charge on any atom is 0.0992 e. The summed E-state index contributed by atoms with van der Waals surface area (Å²) in [6.07, 6.45) is 2.33. The monoisotopic (exact) mass is 245 g/mol. The number of nitrogen functional groups attached to an aromatic ring is 1. The molecule has 1 aromatic carbocycles. The standard InChI is InChI=1S/C14H19N3O/c1-17(9-12-3-2-6-18-10-12)14-7-11(8-15)4-5-13(14)16/h4-5,7,12H,2-3,6,9-10,16H2,1H3. The summed E-state index contributed by atoms with van der Waals surface area (Å²) >= 11 is 0. The molecule has 1 atom stereocenters. The topological polar surface area (TPSA) is 62.3 Å². The molecule has 0 spiro atoms. The number of nitrogens with zero attached hydrogens (tertiary/aromatic N) is 2. The number of nitrogens with two attached hydrogens (primary N) is 1. The van der Waals surface area contributed by atoms with Gasteiger partial charge >= 0.3 is 0 Å². The zero-order valence-corrected chi connectivity index (χ0v) is 10.7. The summed E-state index contributed by atoms with van der Waals surface area (Å²) in [6, 6.07) is 7.53. The van der Waals surface area contributed by atoms with Gasteiger partial charge in [0, 0.05) is 20.2 Å². The number of benzene rings is 1. The van der Waals surface area contributed by atoms with Crippen LogP contribution < -0.4 is 10.6 Å². The van der Waals surface area contributed by atoms with Gasteiger partial charge in [-0.1, -0.05) is 0 Å². The minimum absolute atomic E-state index is 0.550. The Morgan fingerprint density at radius 3 is 3.06 bits per heavy atom. The van der Waals surface area contributed by atoms with Gasteiger partial charge in [-0.25, -0.2) is 0 Å². The first-order chi connectivity index (χ1) is 8.70. The molecule has 1 heterocycles. The molecule has 0 bridgehead atoms. The zero-order valence-electron chi connectivity index (χ0n) is 10.7. The third-order valence-corrected chi connectivity index (χ3v) is 3.36. The summed E-state index contributed by atoms with van der Waals surface area (Å²) in [5, 5.41) is 8.93. The average Bonchev–Trinajstić information content (AvgIpc) is 2.40. The van der Waals surface area contributed by atoms with E-state index < -0.39 is 0 Å². The summed E-state index contributed by atoms with van der Waals surface area (Å²) in [5.74, 6) is 0.550. The van der Waals surface area contributed by atoms with Gasteiger partial charge in [-0.15, -0.1) is 0 Å². The van der Waals surface area contributed by atoms with Gasteiger partial charge in [0.2, 0.25) is 0 Å². The van der Waals surface area contributed by atoms with Crippen molar-refractivity contribution in [3.05, 3.63) is 23.8 Å². The molecule has 4 heteroatoms. The van der Waals surface area contributed by atoms with Crippen molar-refractivity contribution >= 4 is 11.4 Å². The predicted molar refractivity (Wildman–Crippen MR) is 72.4 cm³/mol. The molecule has 0 aromatic heterocycles. The van der Waals surface area contributed by atoms with E-state index in [2.05, 4.69) is 11.0 Å². The molecule has 0 aliphatic carbocycles. The van der Waals surface area contributed by atoms with Crippen molar-refractivity contribution < 1.29 is 4.74 Å². The Kier molecular flexibility index (Phi) is 4.06. The van der Waals surface area contributed by atoms with E-state index in [9.17, 15) is 0 Å². The normalized spacial score (nSPS) is 19.2. The highest BCUT2D eigenvalue weighted by Crippen LogP contribution is 2.25.